The molecule has 5 heteroatoms. The van der Waals surface area contributed by atoms with Crippen molar-refractivity contribution < 1.29 is 14.2 Å². The summed E-state index contributed by atoms with van der Waals surface area (Å²) in [4.78, 5) is 0. The largest absolute Gasteiger partial charge is 0.491 e. The Morgan fingerprint density at radius 3 is 2.68 bits per heavy atom. The summed E-state index contributed by atoms with van der Waals surface area (Å²) in [7, 11) is 1.65. The zero-order valence-electron chi connectivity index (χ0n) is 11.9. The van der Waals surface area contributed by atoms with Gasteiger partial charge in [-0.2, -0.15) is 0 Å². The van der Waals surface area contributed by atoms with E-state index in [4.69, 9.17) is 20.1 Å². The average molecular weight is 268 g/mol. The van der Waals surface area contributed by atoms with E-state index in [9.17, 15) is 0 Å². The molecule has 1 aromatic carbocycles. The molecule has 5 nitrogen and oxygen atoms in total. The molecule has 0 fully saturated rings. The van der Waals surface area contributed by atoms with E-state index >= 15 is 0 Å². The van der Waals surface area contributed by atoms with Gasteiger partial charge in [0.1, 0.15) is 5.75 Å². The third-order valence-electron chi connectivity index (χ3n) is 2.55. The second-order valence-electron chi connectivity index (χ2n) is 4.53. The molecule has 0 heterocycles. The number of rotatable bonds is 9. The Kier molecular flexibility index (Phi) is 7.43. The number of ether oxygens (including phenoxy) is 3. The summed E-state index contributed by atoms with van der Waals surface area (Å²) in [6.07, 6.45) is 0.150. The first-order valence-electron chi connectivity index (χ1n) is 6.46. The lowest BCUT2D eigenvalue weighted by atomic mass is 10.1. The quantitative estimate of drug-likeness (QED) is 0.405. The van der Waals surface area contributed by atoms with Crippen molar-refractivity contribution in [1.29, 1.82) is 0 Å². The van der Waals surface area contributed by atoms with Crippen LogP contribution in [0, 0.1) is 0 Å². The molecule has 0 aliphatic rings. The molecule has 0 bridgehead atoms. The first kappa shape index (κ1) is 15.9. The maximum Gasteiger partial charge on any atom is 0.120 e. The molecule has 0 aromatic heterocycles. The van der Waals surface area contributed by atoms with E-state index in [1.807, 2.05) is 38.1 Å². The van der Waals surface area contributed by atoms with Gasteiger partial charge in [0.15, 0.2) is 0 Å². The molecule has 0 radical (unpaired) electrons. The fourth-order valence-electron chi connectivity index (χ4n) is 1.66. The fraction of sp³-hybridized carbons (Fsp3) is 0.571. The highest BCUT2D eigenvalue weighted by molar-refractivity contribution is 5.30. The fourth-order valence-corrected chi connectivity index (χ4v) is 1.66. The van der Waals surface area contributed by atoms with Gasteiger partial charge in [-0.1, -0.05) is 12.1 Å². The summed E-state index contributed by atoms with van der Waals surface area (Å²) in [5.41, 5.74) is 3.79. The van der Waals surface area contributed by atoms with Gasteiger partial charge in [0.2, 0.25) is 0 Å². The molecule has 0 aliphatic heterocycles. The minimum atomic E-state index is -0.0624. The summed E-state index contributed by atoms with van der Waals surface area (Å²) in [5.74, 6) is 6.41. The zero-order chi connectivity index (χ0) is 14.1. The zero-order valence-corrected chi connectivity index (χ0v) is 11.9. The van der Waals surface area contributed by atoms with Crippen molar-refractivity contribution >= 4 is 0 Å². The maximum absolute atomic E-state index is 5.66. The molecular formula is C14H24N2O3. The Bertz CT molecular complexity index is 358. The highest BCUT2D eigenvalue weighted by atomic mass is 16.5. The molecule has 3 N–H and O–H groups in total. The van der Waals surface area contributed by atoms with Crippen LogP contribution in [0.1, 0.15) is 25.5 Å². The van der Waals surface area contributed by atoms with Crippen LogP contribution in [0.5, 0.6) is 5.75 Å². The van der Waals surface area contributed by atoms with Crippen LogP contribution in [0.3, 0.4) is 0 Å². The van der Waals surface area contributed by atoms with Crippen molar-refractivity contribution in [2.75, 3.05) is 26.9 Å². The smallest absolute Gasteiger partial charge is 0.120 e. The van der Waals surface area contributed by atoms with E-state index < -0.39 is 0 Å². The van der Waals surface area contributed by atoms with E-state index in [0.717, 1.165) is 11.3 Å². The van der Waals surface area contributed by atoms with Crippen LogP contribution in [0.2, 0.25) is 0 Å². The van der Waals surface area contributed by atoms with Crippen molar-refractivity contribution in [3.8, 4) is 5.75 Å². The van der Waals surface area contributed by atoms with Crippen LogP contribution in [-0.2, 0) is 9.47 Å². The molecule has 1 aromatic rings. The Labute approximate surface area is 115 Å². The summed E-state index contributed by atoms with van der Waals surface area (Å²) in [5, 5.41) is 0. The van der Waals surface area contributed by atoms with Gasteiger partial charge in [-0.3, -0.25) is 11.3 Å². The van der Waals surface area contributed by atoms with Crippen LogP contribution in [0.4, 0.5) is 0 Å². The molecule has 19 heavy (non-hydrogen) atoms. The Balaban J connectivity index is 2.59. The highest BCUT2D eigenvalue weighted by Crippen LogP contribution is 2.20. The van der Waals surface area contributed by atoms with Gasteiger partial charge in [0.05, 0.1) is 32.0 Å². The molecule has 0 saturated carbocycles. The van der Waals surface area contributed by atoms with Gasteiger partial charge >= 0.3 is 0 Å². The Morgan fingerprint density at radius 2 is 2.05 bits per heavy atom. The van der Waals surface area contributed by atoms with Crippen LogP contribution >= 0.6 is 0 Å². The molecule has 0 spiro atoms. The van der Waals surface area contributed by atoms with Crippen LogP contribution < -0.4 is 16.0 Å². The monoisotopic (exact) mass is 268 g/mol. The van der Waals surface area contributed by atoms with Crippen molar-refractivity contribution in [1.82, 2.24) is 5.43 Å². The van der Waals surface area contributed by atoms with Crippen molar-refractivity contribution in [3.05, 3.63) is 29.8 Å². The molecule has 1 rings (SSSR count). The predicted octanol–water partition coefficient (Wildman–Crippen LogP) is 1.64. The minimum Gasteiger partial charge on any atom is -0.491 e. The molecule has 0 amide bonds. The van der Waals surface area contributed by atoms with Gasteiger partial charge in [-0.25, -0.2) is 0 Å². The average Bonchev–Trinajstić information content (AvgIpc) is 2.38. The predicted molar refractivity (Wildman–Crippen MR) is 75.0 cm³/mol. The number of hydrogen-bond donors (Lipinski definition) is 2. The highest BCUT2D eigenvalue weighted by Gasteiger charge is 2.11. The lowest BCUT2D eigenvalue weighted by Crippen LogP contribution is -2.31. The first-order chi connectivity index (χ1) is 9.17. The van der Waals surface area contributed by atoms with E-state index in [1.165, 1.54) is 0 Å². The van der Waals surface area contributed by atoms with Crippen molar-refractivity contribution in [3.63, 3.8) is 0 Å². The summed E-state index contributed by atoms with van der Waals surface area (Å²) in [6, 6.07) is 7.80. The summed E-state index contributed by atoms with van der Waals surface area (Å²) < 4.78 is 16.1. The maximum atomic E-state index is 5.66. The molecular weight excluding hydrogens is 244 g/mol. The number of hydrazine groups is 1. The Morgan fingerprint density at radius 1 is 1.26 bits per heavy atom. The van der Waals surface area contributed by atoms with Gasteiger partial charge in [0, 0.05) is 7.11 Å². The third kappa shape index (κ3) is 6.02. The lowest BCUT2D eigenvalue weighted by Gasteiger charge is -2.18. The second kappa shape index (κ2) is 8.87. The number of nitrogens with two attached hydrogens (primary N) is 1. The number of hydrogen-bond acceptors (Lipinski definition) is 5. The van der Waals surface area contributed by atoms with Gasteiger partial charge < -0.3 is 14.2 Å². The van der Waals surface area contributed by atoms with Crippen LogP contribution in [0.25, 0.3) is 0 Å². The second-order valence-corrected chi connectivity index (χ2v) is 4.53. The summed E-state index contributed by atoms with van der Waals surface area (Å²) >= 11 is 0. The lowest BCUT2D eigenvalue weighted by molar-refractivity contribution is 0.0585. The normalized spacial score (nSPS) is 12.7. The van der Waals surface area contributed by atoms with Gasteiger partial charge in [0.25, 0.3) is 0 Å². The third-order valence-corrected chi connectivity index (χ3v) is 2.55. The topological polar surface area (TPSA) is 65.7 Å². The molecule has 108 valence electrons. The minimum absolute atomic E-state index is 0.0624. The van der Waals surface area contributed by atoms with Crippen LogP contribution in [-0.4, -0.2) is 33.0 Å². The van der Waals surface area contributed by atoms with E-state index in [-0.39, 0.29) is 12.1 Å². The number of nitrogens with one attached hydrogen (secondary N) is 1. The first-order valence-corrected chi connectivity index (χ1v) is 6.46. The van der Waals surface area contributed by atoms with Gasteiger partial charge in [-0.05, 0) is 31.5 Å². The standard InChI is InChI=1S/C14H24N2O3/c1-11(2)19-13-6-4-5-12(9-13)14(16-15)10-18-8-7-17-3/h4-6,9,11,14,16H,7-8,10,15H2,1-3H3. The molecule has 0 aliphatic carbocycles. The van der Waals surface area contributed by atoms with Crippen LogP contribution in [0.15, 0.2) is 24.3 Å². The molecule has 1 unspecified atom stereocenters. The number of methoxy groups -OCH3 is 1. The molecule has 0 saturated heterocycles. The van der Waals surface area contributed by atoms with Crippen molar-refractivity contribution in [2.45, 2.75) is 26.0 Å². The van der Waals surface area contributed by atoms with Crippen molar-refractivity contribution in [2.24, 2.45) is 5.84 Å². The van der Waals surface area contributed by atoms with E-state index in [2.05, 4.69) is 5.43 Å². The Hall–Kier alpha value is -1.14. The molecule has 1 atom stereocenters. The van der Waals surface area contributed by atoms with Gasteiger partial charge in [-0.15, -0.1) is 0 Å². The summed E-state index contributed by atoms with van der Waals surface area (Å²) in [6.45, 7) is 5.62. The van der Waals surface area contributed by atoms with E-state index in [0.29, 0.717) is 19.8 Å². The SMILES string of the molecule is COCCOCC(NN)c1cccc(OC(C)C)c1. The van der Waals surface area contributed by atoms with E-state index in [1.54, 1.807) is 7.11 Å². The number of benzene rings is 1.